The minimum atomic E-state index is -3.54. The number of carbonyl (C=O) groups is 2. The zero-order valence-corrected chi connectivity index (χ0v) is 16.2. The molecule has 1 fully saturated rings. The molecule has 0 atom stereocenters. The standard InChI is InChI=1S/C17H23N5O4S/c1-20-9-11-22(12-10-20)27(25,26)14-5-3-13(4-6-14)18-17(24)15-7-8-16(23)21(2)19-15/h3-6H,7-12H2,1-2H3,(H,18,24). The number of benzene rings is 1. The molecule has 1 saturated heterocycles. The Hall–Kier alpha value is -2.30. The summed E-state index contributed by atoms with van der Waals surface area (Å²) < 4.78 is 26.9. The van der Waals surface area contributed by atoms with Gasteiger partial charge in [-0.05, 0) is 31.3 Å². The van der Waals surface area contributed by atoms with Crippen LogP contribution in [0.5, 0.6) is 0 Å². The summed E-state index contributed by atoms with van der Waals surface area (Å²) in [4.78, 5) is 26.0. The average molecular weight is 393 g/mol. The van der Waals surface area contributed by atoms with Crippen molar-refractivity contribution in [3.8, 4) is 0 Å². The number of hydrogen-bond donors (Lipinski definition) is 1. The molecule has 0 aromatic heterocycles. The van der Waals surface area contributed by atoms with Crippen molar-refractivity contribution in [3.63, 3.8) is 0 Å². The Labute approximate surface area is 158 Å². The third kappa shape index (κ3) is 4.34. The monoisotopic (exact) mass is 393 g/mol. The summed E-state index contributed by atoms with van der Waals surface area (Å²) in [6.07, 6.45) is 0.524. The van der Waals surface area contributed by atoms with Crippen molar-refractivity contribution in [3.05, 3.63) is 24.3 Å². The second-order valence-corrected chi connectivity index (χ2v) is 8.59. The highest BCUT2D eigenvalue weighted by molar-refractivity contribution is 7.89. The molecule has 0 bridgehead atoms. The molecule has 2 heterocycles. The molecule has 0 unspecified atom stereocenters. The van der Waals surface area contributed by atoms with Gasteiger partial charge < -0.3 is 10.2 Å². The van der Waals surface area contributed by atoms with Gasteiger partial charge in [-0.2, -0.15) is 9.41 Å². The van der Waals surface area contributed by atoms with E-state index in [1.165, 1.54) is 23.5 Å². The first-order valence-corrected chi connectivity index (χ1v) is 10.2. The van der Waals surface area contributed by atoms with Crippen LogP contribution in [0.2, 0.25) is 0 Å². The molecule has 27 heavy (non-hydrogen) atoms. The summed E-state index contributed by atoms with van der Waals surface area (Å²) in [5, 5.41) is 7.81. The van der Waals surface area contributed by atoms with E-state index >= 15 is 0 Å². The van der Waals surface area contributed by atoms with Gasteiger partial charge in [0.25, 0.3) is 5.91 Å². The number of hydrazone groups is 1. The molecule has 2 aliphatic heterocycles. The lowest BCUT2D eigenvalue weighted by molar-refractivity contribution is -0.130. The van der Waals surface area contributed by atoms with Gasteiger partial charge in [-0.25, -0.2) is 13.4 Å². The molecule has 2 amide bonds. The molecule has 0 radical (unpaired) electrons. The van der Waals surface area contributed by atoms with Crippen molar-refractivity contribution in [2.75, 3.05) is 45.6 Å². The topological polar surface area (TPSA) is 102 Å². The highest BCUT2D eigenvalue weighted by atomic mass is 32.2. The SMILES string of the molecule is CN1CCN(S(=O)(=O)c2ccc(NC(=O)C3=NN(C)C(=O)CC3)cc2)CC1. The molecule has 9 nitrogen and oxygen atoms in total. The largest absolute Gasteiger partial charge is 0.321 e. The number of likely N-dealkylation sites (N-methyl/N-ethyl adjacent to an activating group) is 1. The predicted molar refractivity (Wildman–Crippen MR) is 101 cm³/mol. The van der Waals surface area contributed by atoms with Crippen LogP contribution >= 0.6 is 0 Å². The number of sulfonamides is 1. The maximum absolute atomic E-state index is 12.7. The third-order valence-electron chi connectivity index (χ3n) is 4.68. The van der Waals surface area contributed by atoms with Crippen molar-refractivity contribution in [1.82, 2.24) is 14.2 Å². The molecule has 0 spiro atoms. The van der Waals surface area contributed by atoms with Crippen LogP contribution in [0.25, 0.3) is 0 Å². The van der Waals surface area contributed by atoms with Gasteiger partial charge in [0.1, 0.15) is 5.71 Å². The third-order valence-corrected chi connectivity index (χ3v) is 6.59. The Morgan fingerprint density at radius 1 is 1.04 bits per heavy atom. The molecule has 0 saturated carbocycles. The smallest absolute Gasteiger partial charge is 0.271 e. The van der Waals surface area contributed by atoms with Crippen LogP contribution in [-0.4, -0.2) is 80.4 Å². The molecule has 3 rings (SSSR count). The van der Waals surface area contributed by atoms with Gasteiger partial charge >= 0.3 is 0 Å². The highest BCUT2D eigenvalue weighted by Gasteiger charge is 2.27. The molecule has 1 aromatic rings. The number of amides is 2. The van der Waals surface area contributed by atoms with Crippen molar-refractivity contribution in [2.45, 2.75) is 17.7 Å². The number of anilines is 1. The molecule has 0 aliphatic carbocycles. The Morgan fingerprint density at radius 3 is 2.26 bits per heavy atom. The van der Waals surface area contributed by atoms with Crippen molar-refractivity contribution in [1.29, 1.82) is 0 Å². The van der Waals surface area contributed by atoms with Crippen LogP contribution in [0.3, 0.4) is 0 Å². The summed E-state index contributed by atoms with van der Waals surface area (Å²) in [6.45, 7) is 2.33. The van der Waals surface area contributed by atoms with Crippen LogP contribution in [-0.2, 0) is 19.6 Å². The number of hydrogen-bond acceptors (Lipinski definition) is 6. The van der Waals surface area contributed by atoms with E-state index in [1.54, 1.807) is 12.1 Å². The zero-order chi connectivity index (χ0) is 19.6. The molecule has 2 aliphatic rings. The fraction of sp³-hybridized carbons (Fsp3) is 0.471. The molecule has 1 aromatic carbocycles. The summed E-state index contributed by atoms with van der Waals surface area (Å²) in [5.74, 6) is -0.533. The summed E-state index contributed by atoms with van der Waals surface area (Å²) >= 11 is 0. The van der Waals surface area contributed by atoms with E-state index in [9.17, 15) is 18.0 Å². The van der Waals surface area contributed by atoms with Crippen LogP contribution in [0, 0.1) is 0 Å². The first-order chi connectivity index (χ1) is 12.8. The van der Waals surface area contributed by atoms with Gasteiger partial charge in [0.05, 0.1) is 4.90 Å². The van der Waals surface area contributed by atoms with Crippen molar-refractivity contribution in [2.24, 2.45) is 5.10 Å². The van der Waals surface area contributed by atoms with E-state index in [1.807, 2.05) is 7.05 Å². The number of nitrogens with zero attached hydrogens (tertiary/aromatic N) is 4. The minimum Gasteiger partial charge on any atom is -0.321 e. The second kappa shape index (κ2) is 7.75. The predicted octanol–water partition coefficient (Wildman–Crippen LogP) is 0.169. The van der Waals surface area contributed by atoms with E-state index in [0.717, 1.165) is 5.01 Å². The van der Waals surface area contributed by atoms with Gasteiger partial charge in [0.2, 0.25) is 15.9 Å². The van der Waals surface area contributed by atoms with E-state index < -0.39 is 15.9 Å². The zero-order valence-electron chi connectivity index (χ0n) is 15.4. The van der Waals surface area contributed by atoms with Crippen LogP contribution in [0.4, 0.5) is 5.69 Å². The molecular formula is C17H23N5O4S. The second-order valence-electron chi connectivity index (χ2n) is 6.65. The maximum Gasteiger partial charge on any atom is 0.271 e. The number of piperazine rings is 1. The summed E-state index contributed by atoms with van der Waals surface area (Å²) in [6, 6.07) is 6.08. The van der Waals surface area contributed by atoms with Crippen molar-refractivity contribution >= 4 is 33.2 Å². The highest BCUT2D eigenvalue weighted by Crippen LogP contribution is 2.20. The van der Waals surface area contributed by atoms with E-state index in [-0.39, 0.29) is 29.4 Å². The summed E-state index contributed by atoms with van der Waals surface area (Å²) in [7, 11) is -0.0678. The lowest BCUT2D eigenvalue weighted by Crippen LogP contribution is -2.46. The minimum absolute atomic E-state index is 0.134. The van der Waals surface area contributed by atoms with E-state index in [0.29, 0.717) is 31.9 Å². The fourth-order valence-corrected chi connectivity index (χ4v) is 4.35. The van der Waals surface area contributed by atoms with Gasteiger partial charge in [0, 0.05) is 51.8 Å². The maximum atomic E-state index is 12.7. The van der Waals surface area contributed by atoms with E-state index in [2.05, 4.69) is 15.3 Å². The fourth-order valence-electron chi connectivity index (χ4n) is 2.92. The Morgan fingerprint density at radius 2 is 1.67 bits per heavy atom. The van der Waals surface area contributed by atoms with Crippen molar-refractivity contribution < 1.29 is 18.0 Å². The number of carbonyl (C=O) groups excluding carboxylic acids is 2. The first kappa shape index (κ1) is 19.5. The van der Waals surface area contributed by atoms with E-state index in [4.69, 9.17) is 0 Å². The Bertz CT molecular complexity index is 858. The van der Waals surface area contributed by atoms with Crippen LogP contribution < -0.4 is 5.32 Å². The Balaban J connectivity index is 1.67. The first-order valence-electron chi connectivity index (χ1n) is 8.71. The summed E-state index contributed by atoms with van der Waals surface area (Å²) in [5.41, 5.74) is 0.741. The number of rotatable bonds is 4. The lowest BCUT2D eigenvalue weighted by atomic mass is 10.1. The lowest BCUT2D eigenvalue weighted by Gasteiger charge is -2.31. The Kier molecular flexibility index (Phi) is 5.59. The van der Waals surface area contributed by atoms with Crippen LogP contribution in [0.15, 0.2) is 34.3 Å². The normalized spacial score (nSPS) is 19.7. The molecule has 1 N–H and O–H groups in total. The van der Waals surface area contributed by atoms with Gasteiger partial charge in [0.15, 0.2) is 0 Å². The van der Waals surface area contributed by atoms with Gasteiger partial charge in [-0.15, -0.1) is 0 Å². The molecule has 146 valence electrons. The molecule has 10 heteroatoms. The van der Waals surface area contributed by atoms with Gasteiger partial charge in [-0.1, -0.05) is 0 Å². The average Bonchev–Trinajstić information content (AvgIpc) is 2.64. The molecular weight excluding hydrogens is 370 g/mol. The number of nitrogens with one attached hydrogen (secondary N) is 1. The quantitative estimate of drug-likeness (QED) is 0.786. The van der Waals surface area contributed by atoms with Gasteiger partial charge in [-0.3, -0.25) is 9.59 Å². The van der Waals surface area contributed by atoms with Crippen LogP contribution in [0.1, 0.15) is 12.8 Å².